The van der Waals surface area contributed by atoms with Crippen LogP contribution in [0.5, 0.6) is 0 Å². The molecule has 2 aliphatic rings. The van der Waals surface area contributed by atoms with E-state index in [1.807, 2.05) is 0 Å². The molecule has 0 aromatic carbocycles. The zero-order valence-electron chi connectivity index (χ0n) is 10.8. The van der Waals surface area contributed by atoms with Crippen molar-refractivity contribution in [3.63, 3.8) is 0 Å². The Kier molecular flexibility index (Phi) is 3.17. The Labute approximate surface area is 106 Å². The SMILES string of the molecule is CC1C(=O)N(CC2(CC(=O)O)CCC2)C(=O)C1C. The molecule has 1 saturated heterocycles. The smallest absolute Gasteiger partial charge is 0.303 e. The Morgan fingerprint density at radius 2 is 1.78 bits per heavy atom. The van der Waals surface area contributed by atoms with E-state index in [1.54, 1.807) is 13.8 Å². The van der Waals surface area contributed by atoms with E-state index < -0.39 is 5.97 Å². The van der Waals surface area contributed by atoms with Gasteiger partial charge < -0.3 is 5.11 Å². The number of imide groups is 1. The molecule has 2 amide bonds. The quantitative estimate of drug-likeness (QED) is 0.766. The Morgan fingerprint density at radius 3 is 2.11 bits per heavy atom. The molecule has 18 heavy (non-hydrogen) atoms. The van der Waals surface area contributed by atoms with E-state index in [9.17, 15) is 14.4 Å². The van der Waals surface area contributed by atoms with Gasteiger partial charge in [-0.05, 0) is 18.3 Å². The molecule has 5 nitrogen and oxygen atoms in total. The maximum absolute atomic E-state index is 12.0. The molecule has 2 rings (SSSR count). The molecular formula is C13H19NO4. The first kappa shape index (κ1) is 13.1. The second-order valence-corrected chi connectivity index (χ2v) is 5.76. The van der Waals surface area contributed by atoms with Crippen LogP contribution < -0.4 is 0 Å². The van der Waals surface area contributed by atoms with Crippen LogP contribution in [0.25, 0.3) is 0 Å². The molecule has 2 unspecified atom stereocenters. The molecule has 0 radical (unpaired) electrons. The van der Waals surface area contributed by atoms with E-state index in [4.69, 9.17) is 5.11 Å². The number of carboxylic acids is 1. The van der Waals surface area contributed by atoms with Crippen molar-refractivity contribution in [2.24, 2.45) is 17.3 Å². The topological polar surface area (TPSA) is 74.7 Å². The van der Waals surface area contributed by atoms with Crippen molar-refractivity contribution >= 4 is 17.8 Å². The largest absolute Gasteiger partial charge is 0.481 e. The van der Waals surface area contributed by atoms with Crippen LogP contribution >= 0.6 is 0 Å². The minimum Gasteiger partial charge on any atom is -0.481 e. The van der Waals surface area contributed by atoms with Gasteiger partial charge in [0, 0.05) is 18.4 Å². The fourth-order valence-corrected chi connectivity index (χ4v) is 2.91. The molecular weight excluding hydrogens is 234 g/mol. The Bertz CT molecular complexity index is 380. The molecule has 0 bridgehead atoms. The van der Waals surface area contributed by atoms with Gasteiger partial charge >= 0.3 is 5.97 Å². The van der Waals surface area contributed by atoms with Crippen LogP contribution in [0, 0.1) is 17.3 Å². The van der Waals surface area contributed by atoms with Crippen LogP contribution in [-0.4, -0.2) is 34.3 Å². The van der Waals surface area contributed by atoms with Gasteiger partial charge in [-0.3, -0.25) is 19.3 Å². The highest BCUT2D eigenvalue weighted by Gasteiger charge is 2.48. The maximum Gasteiger partial charge on any atom is 0.303 e. The van der Waals surface area contributed by atoms with E-state index in [1.165, 1.54) is 4.90 Å². The first-order chi connectivity index (χ1) is 8.36. The number of amides is 2. The first-order valence-corrected chi connectivity index (χ1v) is 6.43. The molecule has 100 valence electrons. The van der Waals surface area contributed by atoms with Crippen molar-refractivity contribution in [3.8, 4) is 0 Å². The third-order valence-corrected chi connectivity index (χ3v) is 4.50. The number of carbonyl (C=O) groups excluding carboxylic acids is 2. The van der Waals surface area contributed by atoms with Crippen molar-refractivity contribution in [1.29, 1.82) is 0 Å². The number of nitrogens with zero attached hydrogens (tertiary/aromatic N) is 1. The van der Waals surface area contributed by atoms with Gasteiger partial charge in [-0.25, -0.2) is 0 Å². The first-order valence-electron chi connectivity index (χ1n) is 6.43. The molecule has 1 saturated carbocycles. The van der Waals surface area contributed by atoms with E-state index in [0.29, 0.717) is 0 Å². The highest BCUT2D eigenvalue weighted by atomic mass is 16.4. The van der Waals surface area contributed by atoms with Gasteiger partial charge in [0.2, 0.25) is 11.8 Å². The standard InChI is InChI=1S/C13H19NO4/c1-8-9(2)12(18)14(11(8)17)7-13(4-3-5-13)6-10(15)16/h8-9H,3-7H2,1-2H3,(H,15,16). The molecule has 0 spiro atoms. The summed E-state index contributed by atoms with van der Waals surface area (Å²) < 4.78 is 0. The number of hydrogen-bond donors (Lipinski definition) is 1. The lowest BCUT2D eigenvalue weighted by Gasteiger charge is -2.42. The molecule has 1 N–H and O–H groups in total. The summed E-state index contributed by atoms with van der Waals surface area (Å²) in [6, 6.07) is 0. The monoisotopic (exact) mass is 253 g/mol. The predicted octanol–water partition coefficient (Wildman–Crippen LogP) is 1.27. The highest BCUT2D eigenvalue weighted by Crippen LogP contribution is 2.45. The molecule has 1 aliphatic heterocycles. The molecule has 1 aliphatic carbocycles. The summed E-state index contributed by atoms with van der Waals surface area (Å²) in [5.74, 6) is -1.71. The van der Waals surface area contributed by atoms with E-state index in [0.717, 1.165) is 19.3 Å². The average Bonchev–Trinajstić information content (AvgIpc) is 2.43. The van der Waals surface area contributed by atoms with Crippen LogP contribution in [0.1, 0.15) is 39.5 Å². The lowest BCUT2D eigenvalue weighted by atomic mass is 9.66. The maximum atomic E-state index is 12.0. The number of likely N-dealkylation sites (tertiary alicyclic amines) is 1. The van der Waals surface area contributed by atoms with Crippen LogP contribution in [-0.2, 0) is 14.4 Å². The lowest BCUT2D eigenvalue weighted by molar-refractivity contribution is -0.148. The Morgan fingerprint density at radius 1 is 1.28 bits per heavy atom. The number of rotatable bonds is 4. The van der Waals surface area contributed by atoms with Gasteiger partial charge in [-0.1, -0.05) is 20.3 Å². The van der Waals surface area contributed by atoms with E-state index >= 15 is 0 Å². The Balaban J connectivity index is 2.11. The van der Waals surface area contributed by atoms with Crippen molar-refractivity contribution in [3.05, 3.63) is 0 Å². The van der Waals surface area contributed by atoms with Crippen molar-refractivity contribution < 1.29 is 19.5 Å². The highest BCUT2D eigenvalue weighted by molar-refractivity contribution is 6.04. The Hall–Kier alpha value is -1.39. The zero-order valence-corrected chi connectivity index (χ0v) is 10.8. The summed E-state index contributed by atoms with van der Waals surface area (Å²) in [5, 5.41) is 8.94. The summed E-state index contributed by atoms with van der Waals surface area (Å²) in [6.45, 7) is 3.80. The molecule has 2 atom stereocenters. The number of hydrogen-bond acceptors (Lipinski definition) is 3. The predicted molar refractivity (Wildman–Crippen MR) is 63.6 cm³/mol. The molecule has 0 aromatic rings. The molecule has 5 heteroatoms. The number of carboxylic acid groups (broad SMARTS) is 1. The van der Waals surface area contributed by atoms with Crippen LogP contribution in [0.4, 0.5) is 0 Å². The van der Waals surface area contributed by atoms with Gasteiger partial charge in [0.15, 0.2) is 0 Å². The van der Waals surface area contributed by atoms with E-state index in [2.05, 4.69) is 0 Å². The van der Waals surface area contributed by atoms with Gasteiger partial charge in [-0.2, -0.15) is 0 Å². The number of aliphatic carboxylic acids is 1. The van der Waals surface area contributed by atoms with Crippen molar-refractivity contribution in [2.45, 2.75) is 39.5 Å². The second-order valence-electron chi connectivity index (χ2n) is 5.76. The lowest BCUT2D eigenvalue weighted by Crippen LogP contribution is -2.46. The minimum atomic E-state index is -0.852. The summed E-state index contributed by atoms with van der Waals surface area (Å²) in [5.41, 5.74) is -0.374. The van der Waals surface area contributed by atoms with Crippen LogP contribution in [0.2, 0.25) is 0 Å². The van der Waals surface area contributed by atoms with Gasteiger partial charge in [0.05, 0.1) is 6.42 Å². The third kappa shape index (κ3) is 2.02. The van der Waals surface area contributed by atoms with Crippen LogP contribution in [0.15, 0.2) is 0 Å². The fourth-order valence-electron chi connectivity index (χ4n) is 2.91. The van der Waals surface area contributed by atoms with Gasteiger partial charge in [0.1, 0.15) is 0 Å². The zero-order chi connectivity index (χ0) is 13.5. The third-order valence-electron chi connectivity index (χ3n) is 4.50. The fraction of sp³-hybridized carbons (Fsp3) is 0.769. The summed E-state index contributed by atoms with van der Waals surface area (Å²) >= 11 is 0. The summed E-state index contributed by atoms with van der Waals surface area (Å²) in [7, 11) is 0. The number of carbonyl (C=O) groups is 3. The molecule has 2 fully saturated rings. The van der Waals surface area contributed by atoms with Gasteiger partial charge in [-0.15, -0.1) is 0 Å². The average molecular weight is 253 g/mol. The minimum absolute atomic E-state index is 0.0484. The summed E-state index contributed by atoms with van der Waals surface area (Å²) in [4.78, 5) is 36.1. The second kappa shape index (κ2) is 4.37. The molecule has 1 heterocycles. The van der Waals surface area contributed by atoms with E-state index in [-0.39, 0.29) is 42.0 Å². The molecule has 0 aromatic heterocycles. The van der Waals surface area contributed by atoms with Crippen molar-refractivity contribution in [2.75, 3.05) is 6.54 Å². The van der Waals surface area contributed by atoms with Crippen molar-refractivity contribution in [1.82, 2.24) is 4.90 Å². The van der Waals surface area contributed by atoms with Gasteiger partial charge in [0.25, 0.3) is 0 Å². The summed E-state index contributed by atoms with van der Waals surface area (Å²) in [6.07, 6.45) is 2.61. The normalized spacial score (nSPS) is 30.4. The van der Waals surface area contributed by atoms with Crippen LogP contribution in [0.3, 0.4) is 0 Å².